The van der Waals surface area contributed by atoms with Gasteiger partial charge in [0.15, 0.2) is 11.0 Å². The summed E-state index contributed by atoms with van der Waals surface area (Å²) in [5.41, 5.74) is 2.68. The molecule has 0 saturated carbocycles. The lowest BCUT2D eigenvalue weighted by molar-refractivity contribution is -0.111. The van der Waals surface area contributed by atoms with Crippen molar-refractivity contribution in [2.75, 3.05) is 24.0 Å². The molecule has 0 aliphatic rings. The zero-order chi connectivity index (χ0) is 21.5. The summed E-state index contributed by atoms with van der Waals surface area (Å²) in [5.74, 6) is 0.678. The molecule has 1 amide bonds. The number of hydrogen-bond acceptors (Lipinski definition) is 7. The van der Waals surface area contributed by atoms with E-state index >= 15 is 0 Å². The Hall–Kier alpha value is -3.83. The van der Waals surface area contributed by atoms with Crippen LogP contribution >= 0.6 is 11.8 Å². The van der Waals surface area contributed by atoms with Crippen molar-refractivity contribution in [2.45, 2.75) is 5.16 Å². The predicted molar refractivity (Wildman–Crippen MR) is 119 cm³/mol. The third kappa shape index (κ3) is 4.59. The molecule has 2 N–H and O–H groups in total. The van der Waals surface area contributed by atoms with Gasteiger partial charge in [0.1, 0.15) is 17.4 Å². The van der Waals surface area contributed by atoms with Gasteiger partial charge >= 0.3 is 0 Å². The second kappa shape index (κ2) is 9.58. The Morgan fingerprint density at radius 2 is 2.03 bits per heavy atom. The number of para-hydroxylation sites is 2. The molecular weight excluding hydrogens is 398 g/mol. The highest BCUT2D eigenvalue weighted by Crippen LogP contribution is 2.33. The predicted octanol–water partition coefficient (Wildman–Crippen LogP) is 4.61. The molecule has 1 aromatic heterocycles. The van der Waals surface area contributed by atoms with Crippen LogP contribution in [0.2, 0.25) is 0 Å². The normalized spacial score (nSPS) is 10.0. The van der Waals surface area contributed by atoms with Crippen LogP contribution in [0.15, 0.2) is 66.3 Å². The average Bonchev–Trinajstić information content (AvgIpc) is 2.78. The summed E-state index contributed by atoms with van der Waals surface area (Å²) in [6, 6.07) is 16.7. The van der Waals surface area contributed by atoms with Gasteiger partial charge in [0.05, 0.1) is 18.5 Å². The van der Waals surface area contributed by atoms with Crippen molar-refractivity contribution in [3.63, 3.8) is 0 Å². The molecule has 8 heteroatoms. The minimum atomic E-state index is -0.321. The first-order valence-electron chi connectivity index (χ1n) is 8.89. The maximum absolute atomic E-state index is 11.6. The third-order valence-electron chi connectivity index (χ3n) is 4.13. The van der Waals surface area contributed by atoms with Crippen molar-refractivity contribution < 1.29 is 9.53 Å². The number of aromatic nitrogens is 2. The highest BCUT2D eigenvalue weighted by Gasteiger charge is 2.17. The van der Waals surface area contributed by atoms with E-state index < -0.39 is 0 Å². The molecule has 0 spiro atoms. The van der Waals surface area contributed by atoms with Crippen molar-refractivity contribution >= 4 is 34.9 Å². The minimum absolute atomic E-state index is 0.283. The molecule has 0 bridgehead atoms. The number of methoxy groups -OCH3 is 1. The van der Waals surface area contributed by atoms with Gasteiger partial charge in [-0.2, -0.15) is 5.26 Å². The number of nitriles is 1. The van der Waals surface area contributed by atoms with Crippen molar-refractivity contribution in [1.29, 1.82) is 5.26 Å². The maximum Gasteiger partial charge on any atom is 0.247 e. The summed E-state index contributed by atoms with van der Waals surface area (Å²) in [6.07, 6.45) is 3.05. The van der Waals surface area contributed by atoms with E-state index in [1.807, 2.05) is 36.6 Å². The number of carbonyl (C=O) groups excluding carboxylic acids is 1. The Morgan fingerprint density at radius 3 is 2.73 bits per heavy atom. The van der Waals surface area contributed by atoms with E-state index in [-0.39, 0.29) is 11.5 Å². The highest BCUT2D eigenvalue weighted by atomic mass is 32.2. The van der Waals surface area contributed by atoms with E-state index in [1.165, 1.54) is 17.8 Å². The minimum Gasteiger partial charge on any atom is -0.495 e. The molecule has 1 heterocycles. The van der Waals surface area contributed by atoms with Crippen LogP contribution < -0.4 is 15.4 Å². The van der Waals surface area contributed by atoms with Gasteiger partial charge in [-0.05, 0) is 36.6 Å². The number of nitrogens with one attached hydrogen (secondary N) is 2. The number of rotatable bonds is 7. The number of ether oxygens (including phenoxy) is 1. The number of carbonyl (C=O) groups is 1. The van der Waals surface area contributed by atoms with Gasteiger partial charge in [0.2, 0.25) is 5.91 Å². The fraction of sp³-hybridized carbons (Fsp3) is 0.0909. The van der Waals surface area contributed by atoms with E-state index in [1.54, 1.807) is 25.3 Å². The first-order chi connectivity index (χ1) is 14.6. The fourth-order valence-electron chi connectivity index (χ4n) is 2.75. The zero-order valence-corrected chi connectivity index (χ0v) is 17.3. The molecule has 0 radical (unpaired) electrons. The van der Waals surface area contributed by atoms with Gasteiger partial charge < -0.3 is 15.4 Å². The number of anilines is 3. The van der Waals surface area contributed by atoms with Crippen molar-refractivity contribution in [1.82, 2.24) is 9.97 Å². The smallest absolute Gasteiger partial charge is 0.247 e. The van der Waals surface area contributed by atoms with Crippen molar-refractivity contribution in [3.8, 4) is 23.1 Å². The topological polar surface area (TPSA) is 99.9 Å². The van der Waals surface area contributed by atoms with Crippen LogP contribution in [0.3, 0.4) is 0 Å². The Labute approximate surface area is 178 Å². The number of nitrogens with zero attached hydrogens (tertiary/aromatic N) is 3. The molecular formula is C22H19N5O2S. The Kier molecular flexibility index (Phi) is 6.67. The first kappa shape index (κ1) is 20.9. The van der Waals surface area contributed by atoms with Crippen LogP contribution in [0.4, 0.5) is 17.2 Å². The summed E-state index contributed by atoms with van der Waals surface area (Å²) in [4.78, 5) is 20.7. The lowest BCUT2D eigenvalue weighted by Gasteiger charge is -2.14. The van der Waals surface area contributed by atoms with E-state index in [0.29, 0.717) is 39.4 Å². The summed E-state index contributed by atoms with van der Waals surface area (Å²) < 4.78 is 5.38. The number of benzene rings is 2. The molecule has 3 rings (SSSR count). The molecule has 0 aliphatic heterocycles. The highest BCUT2D eigenvalue weighted by molar-refractivity contribution is 7.98. The van der Waals surface area contributed by atoms with Crippen molar-refractivity contribution in [2.24, 2.45) is 0 Å². The second-order valence-electron chi connectivity index (χ2n) is 5.99. The average molecular weight is 417 g/mol. The van der Waals surface area contributed by atoms with Gasteiger partial charge in [-0.15, -0.1) is 0 Å². The Morgan fingerprint density at radius 1 is 1.23 bits per heavy atom. The van der Waals surface area contributed by atoms with Crippen LogP contribution in [-0.2, 0) is 4.79 Å². The third-order valence-corrected chi connectivity index (χ3v) is 4.68. The summed E-state index contributed by atoms with van der Waals surface area (Å²) in [6.45, 7) is 3.46. The molecule has 150 valence electrons. The molecule has 7 nitrogen and oxygen atoms in total. The van der Waals surface area contributed by atoms with Crippen LogP contribution in [0.5, 0.6) is 5.75 Å². The molecule has 3 aromatic rings. The molecule has 0 atom stereocenters. The Balaban J connectivity index is 2.11. The van der Waals surface area contributed by atoms with Crippen LogP contribution in [0.25, 0.3) is 11.3 Å². The number of amides is 1. The van der Waals surface area contributed by atoms with E-state index in [0.717, 1.165) is 0 Å². The second-order valence-corrected chi connectivity index (χ2v) is 6.77. The van der Waals surface area contributed by atoms with Crippen LogP contribution in [-0.4, -0.2) is 29.2 Å². The monoisotopic (exact) mass is 417 g/mol. The molecule has 30 heavy (non-hydrogen) atoms. The lowest BCUT2D eigenvalue weighted by Crippen LogP contribution is -2.07. The molecule has 0 saturated heterocycles. The summed E-state index contributed by atoms with van der Waals surface area (Å²) in [7, 11) is 1.58. The largest absolute Gasteiger partial charge is 0.495 e. The van der Waals surface area contributed by atoms with Crippen LogP contribution in [0.1, 0.15) is 5.56 Å². The van der Waals surface area contributed by atoms with Gasteiger partial charge in [0, 0.05) is 11.3 Å². The summed E-state index contributed by atoms with van der Waals surface area (Å²) in [5, 5.41) is 16.3. The van der Waals surface area contributed by atoms with E-state index in [9.17, 15) is 10.1 Å². The van der Waals surface area contributed by atoms with Gasteiger partial charge in [-0.25, -0.2) is 9.97 Å². The van der Waals surface area contributed by atoms with Gasteiger partial charge in [-0.3, -0.25) is 4.79 Å². The maximum atomic E-state index is 11.6. The fourth-order valence-corrected chi connectivity index (χ4v) is 3.11. The standard InChI is InChI=1S/C22H19N5O2S/c1-4-19(28)24-15-9-7-8-14(12-15)20-16(13-23)21(27-22(26-20)30-3)25-17-10-5-6-11-18(17)29-2/h4-12H,1H2,2-3H3,(H,24,28)(H,25,26,27). The van der Waals surface area contributed by atoms with Gasteiger partial charge in [-0.1, -0.05) is 42.6 Å². The Bertz CT molecular complexity index is 1140. The molecule has 0 unspecified atom stereocenters. The summed E-state index contributed by atoms with van der Waals surface area (Å²) >= 11 is 1.36. The SMILES string of the molecule is C=CC(=O)Nc1cccc(-c2nc(SC)nc(Nc3ccccc3OC)c2C#N)c1. The van der Waals surface area contributed by atoms with E-state index in [2.05, 4.69) is 33.2 Å². The number of hydrogen-bond donors (Lipinski definition) is 2. The molecule has 0 fully saturated rings. The molecule has 2 aromatic carbocycles. The number of thioether (sulfide) groups is 1. The quantitative estimate of drug-likeness (QED) is 0.329. The van der Waals surface area contributed by atoms with Crippen LogP contribution in [0, 0.1) is 11.3 Å². The lowest BCUT2D eigenvalue weighted by atomic mass is 10.1. The van der Waals surface area contributed by atoms with E-state index in [4.69, 9.17) is 4.74 Å². The zero-order valence-electron chi connectivity index (χ0n) is 16.5. The van der Waals surface area contributed by atoms with Gasteiger partial charge in [0.25, 0.3) is 0 Å². The first-order valence-corrected chi connectivity index (χ1v) is 10.1. The molecule has 0 aliphatic carbocycles. The van der Waals surface area contributed by atoms with Crippen molar-refractivity contribution in [3.05, 3.63) is 66.7 Å².